The topological polar surface area (TPSA) is 40.5 Å². The molecule has 1 amide bonds. The lowest BCUT2D eigenvalue weighted by Gasteiger charge is -2.14. The Kier molecular flexibility index (Phi) is 2.93. The lowest BCUT2D eigenvalue weighted by atomic mass is 10.2. The summed E-state index contributed by atoms with van der Waals surface area (Å²) in [5.74, 6) is 2.58. The fourth-order valence-corrected chi connectivity index (χ4v) is 1.46. The molecule has 0 radical (unpaired) electrons. The summed E-state index contributed by atoms with van der Waals surface area (Å²) in [5.41, 5.74) is 0. The molecule has 12 heavy (non-hydrogen) atoms. The number of amides is 1. The average Bonchev–Trinajstić information content (AvgIpc) is 2.32. The summed E-state index contributed by atoms with van der Waals surface area (Å²) in [6.07, 6.45) is -2.03. The van der Waals surface area contributed by atoms with Crippen molar-refractivity contribution in [2.45, 2.75) is 18.6 Å². The smallest absolute Gasteiger partial charge is 0.408 e. The van der Waals surface area contributed by atoms with Crippen LogP contribution in [0.25, 0.3) is 0 Å². The molecule has 0 aliphatic carbocycles. The third-order valence-electron chi connectivity index (χ3n) is 1.72. The summed E-state index contributed by atoms with van der Waals surface area (Å²) in [4.78, 5) is 13.9. The fraction of sp³-hybridized carbons (Fsp3) is 0.571. The largest absolute Gasteiger partial charge is 0.465 e. The number of carboxylic acid groups (broad SMARTS) is 1. The van der Waals surface area contributed by atoms with Gasteiger partial charge >= 0.3 is 6.09 Å². The molecule has 1 aliphatic heterocycles. The van der Waals surface area contributed by atoms with Gasteiger partial charge in [-0.05, 0) is 4.83 Å². The van der Waals surface area contributed by atoms with Crippen LogP contribution in [-0.4, -0.2) is 34.9 Å². The molecule has 2 atom stereocenters. The van der Waals surface area contributed by atoms with E-state index in [0.29, 0.717) is 0 Å². The van der Waals surface area contributed by atoms with E-state index in [1.807, 2.05) is 0 Å². The highest BCUT2D eigenvalue weighted by Crippen LogP contribution is 2.19. The molecule has 0 saturated carbocycles. The SMILES string of the molecule is O=C(O)N1C[C@@H](F)C[C@H]1C#CBr. The number of alkyl halides is 1. The Morgan fingerprint density at radius 2 is 2.42 bits per heavy atom. The molecule has 66 valence electrons. The van der Waals surface area contributed by atoms with Crippen molar-refractivity contribution in [2.24, 2.45) is 0 Å². The molecular formula is C7H7BrFNO2. The molecule has 1 aliphatic rings. The van der Waals surface area contributed by atoms with Gasteiger partial charge in [-0.1, -0.05) is 5.92 Å². The molecule has 3 nitrogen and oxygen atoms in total. The van der Waals surface area contributed by atoms with Crippen molar-refractivity contribution in [3.05, 3.63) is 0 Å². The van der Waals surface area contributed by atoms with Gasteiger partial charge in [-0.25, -0.2) is 9.18 Å². The van der Waals surface area contributed by atoms with Gasteiger partial charge in [-0.3, -0.25) is 4.90 Å². The van der Waals surface area contributed by atoms with Crippen LogP contribution in [0.3, 0.4) is 0 Å². The van der Waals surface area contributed by atoms with Crippen molar-refractivity contribution in [3.8, 4) is 10.8 Å². The molecule has 0 unspecified atom stereocenters. The molecular weight excluding hydrogens is 229 g/mol. The van der Waals surface area contributed by atoms with Crippen molar-refractivity contribution in [1.82, 2.24) is 4.90 Å². The van der Waals surface area contributed by atoms with Gasteiger partial charge in [0.15, 0.2) is 0 Å². The highest BCUT2D eigenvalue weighted by atomic mass is 79.9. The molecule has 5 heteroatoms. The summed E-state index contributed by atoms with van der Waals surface area (Å²) in [5, 5.41) is 8.60. The monoisotopic (exact) mass is 235 g/mol. The Balaban J connectivity index is 2.70. The molecule has 0 aromatic heterocycles. The average molecular weight is 236 g/mol. The third kappa shape index (κ3) is 1.89. The Morgan fingerprint density at radius 1 is 1.75 bits per heavy atom. The van der Waals surface area contributed by atoms with Crippen LogP contribution in [0.5, 0.6) is 0 Å². The van der Waals surface area contributed by atoms with Crippen molar-refractivity contribution in [1.29, 1.82) is 0 Å². The molecule has 1 fully saturated rings. The minimum Gasteiger partial charge on any atom is -0.465 e. The van der Waals surface area contributed by atoms with Gasteiger partial charge < -0.3 is 5.11 Å². The highest BCUT2D eigenvalue weighted by molar-refractivity contribution is 9.12. The zero-order valence-electron chi connectivity index (χ0n) is 6.13. The number of likely N-dealkylation sites (tertiary alicyclic amines) is 1. The van der Waals surface area contributed by atoms with Crippen LogP contribution >= 0.6 is 15.9 Å². The molecule has 1 saturated heterocycles. The quantitative estimate of drug-likeness (QED) is 0.646. The molecule has 1 heterocycles. The van der Waals surface area contributed by atoms with Gasteiger partial charge in [0.05, 0.1) is 6.54 Å². The predicted octanol–water partition coefficient (Wildman–Crippen LogP) is 1.43. The predicted molar refractivity (Wildman–Crippen MR) is 44.7 cm³/mol. The van der Waals surface area contributed by atoms with Gasteiger partial charge in [0, 0.05) is 22.4 Å². The molecule has 0 spiro atoms. The van der Waals surface area contributed by atoms with E-state index in [1.165, 1.54) is 0 Å². The summed E-state index contributed by atoms with van der Waals surface area (Å²) < 4.78 is 12.7. The number of carbonyl (C=O) groups is 1. The second kappa shape index (κ2) is 3.76. The molecule has 0 aromatic carbocycles. The first-order valence-electron chi connectivity index (χ1n) is 3.40. The zero-order valence-corrected chi connectivity index (χ0v) is 7.71. The number of rotatable bonds is 0. The van der Waals surface area contributed by atoms with E-state index in [0.717, 1.165) is 4.90 Å². The molecule has 1 N–H and O–H groups in total. The summed E-state index contributed by atoms with van der Waals surface area (Å²) in [6, 6.07) is -0.503. The van der Waals surface area contributed by atoms with E-state index in [-0.39, 0.29) is 13.0 Å². The zero-order chi connectivity index (χ0) is 9.14. The van der Waals surface area contributed by atoms with Gasteiger partial charge in [0.25, 0.3) is 0 Å². The number of halogens is 2. The molecule has 0 bridgehead atoms. The Labute approximate surface area is 77.7 Å². The van der Waals surface area contributed by atoms with E-state index in [2.05, 4.69) is 26.7 Å². The van der Waals surface area contributed by atoms with E-state index in [4.69, 9.17) is 5.11 Å². The summed E-state index contributed by atoms with van der Waals surface area (Å²) in [6.45, 7) is -0.0678. The molecule has 0 aromatic rings. The fourth-order valence-electron chi connectivity index (χ4n) is 1.20. The van der Waals surface area contributed by atoms with Gasteiger partial charge in [-0.2, -0.15) is 0 Å². The maximum atomic E-state index is 12.7. The summed E-state index contributed by atoms with van der Waals surface area (Å²) in [7, 11) is 0. The second-order valence-corrected chi connectivity index (χ2v) is 2.92. The first-order valence-corrected chi connectivity index (χ1v) is 4.19. The van der Waals surface area contributed by atoms with Crippen molar-refractivity contribution in [3.63, 3.8) is 0 Å². The third-order valence-corrected chi connectivity index (χ3v) is 1.95. The molecule has 1 rings (SSSR count). The maximum Gasteiger partial charge on any atom is 0.408 e. The minimum absolute atomic E-state index is 0.0678. The van der Waals surface area contributed by atoms with E-state index < -0.39 is 18.3 Å². The first kappa shape index (κ1) is 9.33. The van der Waals surface area contributed by atoms with Gasteiger partial charge in [0.2, 0.25) is 0 Å². The number of hydrogen-bond acceptors (Lipinski definition) is 1. The van der Waals surface area contributed by atoms with Gasteiger partial charge in [-0.15, -0.1) is 0 Å². The van der Waals surface area contributed by atoms with Crippen molar-refractivity contribution >= 4 is 22.0 Å². The van der Waals surface area contributed by atoms with Crippen molar-refractivity contribution in [2.75, 3.05) is 6.54 Å². The van der Waals surface area contributed by atoms with Crippen LogP contribution in [0.1, 0.15) is 6.42 Å². The second-order valence-electron chi connectivity index (χ2n) is 2.52. The van der Waals surface area contributed by atoms with Crippen molar-refractivity contribution < 1.29 is 14.3 Å². The van der Waals surface area contributed by atoms with Gasteiger partial charge in [0.1, 0.15) is 12.2 Å². The lowest BCUT2D eigenvalue weighted by molar-refractivity contribution is 0.145. The summed E-state index contributed by atoms with van der Waals surface area (Å²) >= 11 is 2.85. The van der Waals surface area contributed by atoms with Crippen LogP contribution < -0.4 is 0 Å². The van der Waals surface area contributed by atoms with Crippen LogP contribution in [0, 0.1) is 10.8 Å². The van der Waals surface area contributed by atoms with E-state index >= 15 is 0 Å². The van der Waals surface area contributed by atoms with Crippen LogP contribution in [0.2, 0.25) is 0 Å². The van der Waals surface area contributed by atoms with Crippen LogP contribution in [-0.2, 0) is 0 Å². The minimum atomic E-state index is -1.12. The van der Waals surface area contributed by atoms with E-state index in [1.54, 1.807) is 0 Å². The highest BCUT2D eigenvalue weighted by Gasteiger charge is 2.34. The number of nitrogens with zero attached hydrogens (tertiary/aromatic N) is 1. The maximum absolute atomic E-state index is 12.7. The Bertz CT molecular complexity index is 248. The van der Waals surface area contributed by atoms with Crippen LogP contribution in [0.4, 0.5) is 9.18 Å². The number of hydrogen-bond donors (Lipinski definition) is 1. The first-order chi connectivity index (χ1) is 5.65. The Morgan fingerprint density at radius 3 is 2.92 bits per heavy atom. The van der Waals surface area contributed by atoms with E-state index in [9.17, 15) is 9.18 Å². The standard InChI is InChI=1S/C7H7BrFNO2/c8-2-1-6-3-5(9)4-10(6)7(11)12/h5-6H,3-4H2,(H,11,12)/t5-,6+/m0/s1. The lowest BCUT2D eigenvalue weighted by Crippen LogP contribution is -2.33. The van der Waals surface area contributed by atoms with Crippen LogP contribution in [0.15, 0.2) is 0 Å². The normalized spacial score (nSPS) is 28.0. The Hall–Kier alpha value is -0.760.